The van der Waals surface area contributed by atoms with Crippen LogP contribution in [0.4, 0.5) is 0 Å². The Morgan fingerprint density at radius 1 is 1.25 bits per heavy atom. The van der Waals surface area contributed by atoms with Gasteiger partial charge in [0.15, 0.2) is 0 Å². The van der Waals surface area contributed by atoms with E-state index in [1.54, 1.807) is 12.1 Å². The van der Waals surface area contributed by atoms with Crippen LogP contribution >= 0.6 is 0 Å². The van der Waals surface area contributed by atoms with E-state index in [1.807, 2.05) is 17.2 Å². The Kier molecular flexibility index (Phi) is 2.72. The molecule has 0 saturated heterocycles. The van der Waals surface area contributed by atoms with Crippen molar-refractivity contribution in [2.24, 2.45) is 0 Å². The molecule has 0 bridgehead atoms. The molecule has 1 aliphatic rings. The van der Waals surface area contributed by atoms with Crippen molar-refractivity contribution in [3.8, 4) is 0 Å². The second kappa shape index (κ2) is 4.18. The van der Waals surface area contributed by atoms with Gasteiger partial charge in [-0.25, -0.2) is 4.79 Å². The van der Waals surface area contributed by atoms with Crippen molar-refractivity contribution < 1.29 is 9.90 Å². The summed E-state index contributed by atoms with van der Waals surface area (Å²) in [4.78, 5) is 12.5. The Hall–Kier alpha value is -2.10. The topological polar surface area (TPSA) is 64.4 Å². The Labute approximate surface area is 93.3 Å². The Bertz CT molecular complexity index is 449. The molecule has 1 aromatic carbocycles. The number of carboxylic acids is 1. The quantitative estimate of drug-likeness (QED) is 0.586. The van der Waals surface area contributed by atoms with Crippen LogP contribution in [0, 0.1) is 5.41 Å². The zero-order chi connectivity index (χ0) is 11.5. The normalized spacial score (nSPS) is 14.1. The molecule has 0 unspecified atom stereocenters. The number of aromatic carboxylic acids is 1. The van der Waals surface area contributed by atoms with Crippen LogP contribution in [0.2, 0.25) is 0 Å². The summed E-state index contributed by atoms with van der Waals surface area (Å²) in [6.45, 7) is 0.819. The van der Waals surface area contributed by atoms with Crippen LogP contribution in [0.25, 0.3) is 0 Å². The number of hydrogen-bond donors (Lipinski definition) is 2. The van der Waals surface area contributed by atoms with Gasteiger partial charge in [0.2, 0.25) is 0 Å². The number of hydrogen-bond acceptors (Lipinski definition) is 2. The lowest BCUT2D eigenvalue weighted by molar-refractivity contribution is 0.0697. The van der Waals surface area contributed by atoms with Crippen molar-refractivity contribution in [3.63, 3.8) is 0 Å². The molecular weight excluding hydrogens is 204 g/mol. The molecule has 0 radical (unpaired) electrons. The molecule has 1 aliphatic heterocycles. The molecule has 0 amide bonds. The summed E-state index contributed by atoms with van der Waals surface area (Å²) in [7, 11) is 0. The summed E-state index contributed by atoms with van der Waals surface area (Å²) in [5.74, 6) is -0.537. The van der Waals surface area contributed by atoms with Gasteiger partial charge in [-0.3, -0.25) is 5.41 Å². The van der Waals surface area contributed by atoms with Crippen LogP contribution in [-0.4, -0.2) is 28.4 Å². The highest BCUT2D eigenvalue weighted by molar-refractivity contribution is 5.98. The number of rotatable bonds is 2. The first-order valence-corrected chi connectivity index (χ1v) is 5.04. The molecule has 0 atom stereocenters. The lowest BCUT2D eigenvalue weighted by Crippen LogP contribution is -2.23. The first-order valence-electron chi connectivity index (χ1n) is 5.04. The highest BCUT2D eigenvalue weighted by Crippen LogP contribution is 2.12. The minimum absolute atomic E-state index is 0.244. The van der Waals surface area contributed by atoms with Gasteiger partial charge in [0, 0.05) is 18.3 Å². The van der Waals surface area contributed by atoms with Gasteiger partial charge in [-0.15, -0.1) is 0 Å². The highest BCUT2D eigenvalue weighted by atomic mass is 16.4. The number of carboxylic acid groups (broad SMARTS) is 1. The molecule has 16 heavy (non-hydrogen) atoms. The van der Waals surface area contributed by atoms with Crippen LogP contribution in [0.15, 0.2) is 36.5 Å². The SMILES string of the molecule is N=C(c1ccc(C(=O)O)cc1)N1C=CCC1. The molecule has 0 fully saturated rings. The monoisotopic (exact) mass is 216 g/mol. The van der Waals surface area contributed by atoms with Gasteiger partial charge < -0.3 is 10.0 Å². The second-order valence-electron chi connectivity index (χ2n) is 3.60. The average Bonchev–Trinajstić information content (AvgIpc) is 2.81. The molecule has 2 rings (SSSR count). The van der Waals surface area contributed by atoms with Crippen LogP contribution in [0.5, 0.6) is 0 Å². The molecular formula is C12H12N2O2. The molecule has 0 spiro atoms. The maximum Gasteiger partial charge on any atom is 0.335 e. The first-order chi connectivity index (χ1) is 7.68. The Balaban J connectivity index is 2.18. The molecule has 0 aromatic heterocycles. The predicted molar refractivity (Wildman–Crippen MR) is 60.7 cm³/mol. The number of nitrogens with one attached hydrogen (secondary N) is 1. The summed E-state index contributed by atoms with van der Waals surface area (Å²) < 4.78 is 0. The predicted octanol–water partition coefficient (Wildman–Crippen LogP) is 1.93. The maximum absolute atomic E-state index is 10.7. The maximum atomic E-state index is 10.7. The van der Waals surface area contributed by atoms with Crippen molar-refractivity contribution in [2.45, 2.75) is 6.42 Å². The standard InChI is InChI=1S/C12H12N2O2/c13-11(14-7-1-2-8-14)9-3-5-10(6-4-9)12(15)16/h1,3-7,13H,2,8H2,(H,15,16). The van der Waals surface area contributed by atoms with Crippen LogP contribution in [0.1, 0.15) is 22.3 Å². The molecule has 4 nitrogen and oxygen atoms in total. The fourth-order valence-corrected chi connectivity index (χ4v) is 1.61. The minimum Gasteiger partial charge on any atom is -0.478 e. The summed E-state index contributed by atoms with van der Waals surface area (Å²) in [6, 6.07) is 6.37. The average molecular weight is 216 g/mol. The molecule has 0 saturated carbocycles. The number of carbonyl (C=O) groups is 1. The van der Waals surface area contributed by atoms with E-state index < -0.39 is 5.97 Å². The van der Waals surface area contributed by atoms with E-state index >= 15 is 0 Å². The first kappa shape index (κ1) is 10.4. The molecule has 2 N–H and O–H groups in total. The van der Waals surface area contributed by atoms with Crippen molar-refractivity contribution in [1.29, 1.82) is 5.41 Å². The van der Waals surface area contributed by atoms with Crippen molar-refractivity contribution in [2.75, 3.05) is 6.54 Å². The Morgan fingerprint density at radius 2 is 1.88 bits per heavy atom. The number of benzene rings is 1. The van der Waals surface area contributed by atoms with Gasteiger partial charge in [-0.1, -0.05) is 18.2 Å². The summed E-state index contributed by atoms with van der Waals surface area (Å²) in [5, 5.41) is 16.7. The van der Waals surface area contributed by atoms with Gasteiger partial charge >= 0.3 is 5.97 Å². The van der Waals surface area contributed by atoms with Gasteiger partial charge in [0.1, 0.15) is 5.84 Å². The number of amidine groups is 1. The fourth-order valence-electron chi connectivity index (χ4n) is 1.61. The third-order valence-corrected chi connectivity index (χ3v) is 2.51. The van der Waals surface area contributed by atoms with Crippen LogP contribution < -0.4 is 0 Å². The summed E-state index contributed by atoms with van der Waals surface area (Å²) >= 11 is 0. The molecule has 0 aliphatic carbocycles. The van der Waals surface area contributed by atoms with E-state index in [9.17, 15) is 4.79 Å². The van der Waals surface area contributed by atoms with E-state index in [2.05, 4.69) is 0 Å². The molecule has 1 heterocycles. The zero-order valence-electron chi connectivity index (χ0n) is 8.68. The van der Waals surface area contributed by atoms with Gasteiger partial charge in [0.05, 0.1) is 5.56 Å². The minimum atomic E-state index is -0.945. The number of nitrogens with zero attached hydrogens (tertiary/aromatic N) is 1. The fraction of sp³-hybridized carbons (Fsp3) is 0.167. The zero-order valence-corrected chi connectivity index (χ0v) is 8.68. The van der Waals surface area contributed by atoms with Crippen LogP contribution in [0.3, 0.4) is 0 Å². The lowest BCUT2D eigenvalue weighted by Gasteiger charge is -2.16. The molecule has 82 valence electrons. The highest BCUT2D eigenvalue weighted by Gasteiger charge is 2.12. The third kappa shape index (κ3) is 1.95. The largest absolute Gasteiger partial charge is 0.478 e. The lowest BCUT2D eigenvalue weighted by atomic mass is 10.1. The van der Waals surface area contributed by atoms with E-state index in [1.165, 1.54) is 12.1 Å². The van der Waals surface area contributed by atoms with E-state index in [-0.39, 0.29) is 5.56 Å². The smallest absolute Gasteiger partial charge is 0.335 e. The van der Waals surface area contributed by atoms with E-state index in [0.29, 0.717) is 5.84 Å². The van der Waals surface area contributed by atoms with Gasteiger partial charge in [-0.2, -0.15) is 0 Å². The van der Waals surface area contributed by atoms with Crippen molar-refractivity contribution >= 4 is 11.8 Å². The molecule has 4 heteroatoms. The third-order valence-electron chi connectivity index (χ3n) is 2.51. The molecule has 1 aromatic rings. The van der Waals surface area contributed by atoms with Gasteiger partial charge in [-0.05, 0) is 18.6 Å². The van der Waals surface area contributed by atoms with Crippen molar-refractivity contribution in [3.05, 3.63) is 47.7 Å². The second-order valence-corrected chi connectivity index (χ2v) is 3.60. The summed E-state index contributed by atoms with van der Waals surface area (Å²) in [6.07, 6.45) is 4.85. The van der Waals surface area contributed by atoms with Crippen molar-refractivity contribution in [1.82, 2.24) is 4.90 Å². The Morgan fingerprint density at radius 3 is 2.38 bits per heavy atom. The van der Waals surface area contributed by atoms with Gasteiger partial charge in [0.25, 0.3) is 0 Å². The van der Waals surface area contributed by atoms with Crippen LogP contribution in [-0.2, 0) is 0 Å². The summed E-state index contributed by atoms with van der Waals surface area (Å²) in [5.41, 5.74) is 0.977. The van der Waals surface area contributed by atoms with E-state index in [4.69, 9.17) is 10.5 Å². The van der Waals surface area contributed by atoms with E-state index in [0.717, 1.165) is 18.5 Å².